The Labute approximate surface area is 124 Å². The predicted molar refractivity (Wildman–Crippen MR) is 81.2 cm³/mol. The van der Waals surface area contributed by atoms with Gasteiger partial charge >= 0.3 is 5.82 Å². The topological polar surface area (TPSA) is 85.3 Å². The lowest BCUT2D eigenvalue weighted by Gasteiger charge is -2.45. The molecule has 0 unspecified atom stereocenters. The zero-order valence-electron chi connectivity index (χ0n) is 12.2. The summed E-state index contributed by atoms with van der Waals surface area (Å²) in [5.74, 6) is -0.0894. The van der Waals surface area contributed by atoms with E-state index in [1.807, 2.05) is 0 Å². The highest BCUT2D eigenvalue weighted by Gasteiger charge is 2.37. The van der Waals surface area contributed by atoms with E-state index in [0.717, 1.165) is 31.6 Å². The Morgan fingerprint density at radius 2 is 1.90 bits per heavy atom. The zero-order chi connectivity index (χ0) is 14.9. The minimum absolute atomic E-state index is 0.0894. The molecule has 114 valence electrons. The van der Waals surface area contributed by atoms with E-state index in [2.05, 4.69) is 9.88 Å². The van der Waals surface area contributed by atoms with Crippen LogP contribution in [-0.4, -0.2) is 29.0 Å². The first-order chi connectivity index (χ1) is 10.1. The molecule has 1 saturated carbocycles. The van der Waals surface area contributed by atoms with Gasteiger partial charge < -0.3 is 20.7 Å². The molecular formula is C15H22N4O2. The molecule has 0 amide bonds. The van der Waals surface area contributed by atoms with Crippen molar-refractivity contribution in [3.05, 3.63) is 28.4 Å². The van der Waals surface area contributed by atoms with Crippen LogP contribution < -0.4 is 10.6 Å². The first kappa shape index (κ1) is 14.3. The fourth-order valence-corrected chi connectivity index (χ4v) is 3.67. The maximum Gasteiger partial charge on any atom is 0.363 e. The molecule has 1 spiro atoms. The lowest BCUT2D eigenvalue weighted by Crippen LogP contribution is -2.43. The summed E-state index contributed by atoms with van der Waals surface area (Å²) in [6.07, 6.45) is 8.81. The smallest absolute Gasteiger partial charge is 0.363 e. The quantitative estimate of drug-likeness (QED) is 0.668. The first-order valence-electron chi connectivity index (χ1n) is 7.69. The normalized spacial score (nSPS) is 22.4. The summed E-state index contributed by atoms with van der Waals surface area (Å²) in [6, 6.07) is 3.69. The molecule has 0 atom stereocenters. The Morgan fingerprint density at radius 3 is 2.43 bits per heavy atom. The van der Waals surface area contributed by atoms with Gasteiger partial charge in [-0.2, -0.15) is 0 Å². The highest BCUT2D eigenvalue weighted by Crippen LogP contribution is 2.44. The molecule has 1 aliphatic carbocycles. The molecule has 2 heterocycles. The number of hydrogen-bond acceptors (Lipinski definition) is 5. The largest absolute Gasteiger partial charge is 0.368 e. The molecular weight excluding hydrogens is 268 g/mol. The van der Waals surface area contributed by atoms with Gasteiger partial charge in [0, 0.05) is 25.2 Å². The maximum absolute atomic E-state index is 10.6. The van der Waals surface area contributed by atoms with Gasteiger partial charge in [0.25, 0.3) is 0 Å². The molecule has 1 aromatic heterocycles. The van der Waals surface area contributed by atoms with E-state index in [4.69, 9.17) is 5.73 Å². The van der Waals surface area contributed by atoms with Crippen LogP contribution in [-0.2, 0) is 0 Å². The summed E-state index contributed by atoms with van der Waals surface area (Å²) >= 11 is 0. The lowest BCUT2D eigenvalue weighted by molar-refractivity contribution is -0.389. The van der Waals surface area contributed by atoms with E-state index in [9.17, 15) is 10.1 Å². The number of nitrogens with two attached hydrogens (primary N) is 1. The number of piperidine rings is 1. The number of aromatic nitrogens is 1. The first-order valence-corrected chi connectivity index (χ1v) is 7.69. The summed E-state index contributed by atoms with van der Waals surface area (Å²) in [5.41, 5.74) is 7.48. The van der Waals surface area contributed by atoms with Crippen molar-refractivity contribution in [1.29, 1.82) is 0 Å². The molecule has 0 radical (unpaired) electrons. The highest BCUT2D eigenvalue weighted by molar-refractivity contribution is 5.47. The molecule has 2 N–H and O–H groups in total. The second-order valence-electron chi connectivity index (χ2n) is 6.46. The van der Waals surface area contributed by atoms with Crippen LogP contribution in [0.5, 0.6) is 0 Å². The Morgan fingerprint density at radius 1 is 1.24 bits per heavy atom. The van der Waals surface area contributed by atoms with E-state index >= 15 is 0 Å². The Hall–Kier alpha value is -1.69. The molecule has 1 saturated heterocycles. The van der Waals surface area contributed by atoms with Crippen LogP contribution in [0.3, 0.4) is 0 Å². The van der Waals surface area contributed by atoms with Gasteiger partial charge in [-0.05, 0) is 59.9 Å². The van der Waals surface area contributed by atoms with E-state index in [0.29, 0.717) is 11.5 Å². The Balaban J connectivity index is 1.61. The van der Waals surface area contributed by atoms with Crippen molar-refractivity contribution < 1.29 is 4.92 Å². The summed E-state index contributed by atoms with van der Waals surface area (Å²) in [5, 5.41) is 10.6. The summed E-state index contributed by atoms with van der Waals surface area (Å²) < 4.78 is 0. The number of rotatable bonds is 2. The van der Waals surface area contributed by atoms with Crippen molar-refractivity contribution >= 4 is 11.5 Å². The molecule has 6 nitrogen and oxygen atoms in total. The molecule has 1 aromatic rings. The third-order valence-electron chi connectivity index (χ3n) is 5.20. The van der Waals surface area contributed by atoms with Crippen LogP contribution in [0, 0.1) is 15.5 Å². The van der Waals surface area contributed by atoms with Crippen LogP contribution in [0.2, 0.25) is 0 Å². The van der Waals surface area contributed by atoms with Crippen molar-refractivity contribution in [2.45, 2.75) is 44.6 Å². The Kier molecular flexibility index (Phi) is 3.80. The third-order valence-corrected chi connectivity index (χ3v) is 5.20. The van der Waals surface area contributed by atoms with Crippen LogP contribution >= 0.6 is 0 Å². The van der Waals surface area contributed by atoms with Crippen molar-refractivity contribution in [2.24, 2.45) is 11.1 Å². The second-order valence-corrected chi connectivity index (χ2v) is 6.46. The number of pyridine rings is 1. The number of nitrogens with zero attached hydrogens (tertiary/aromatic N) is 3. The SMILES string of the molecule is NC1CCC2(CC1)CCN(c1ccc([N+](=O)[O-])nc1)CC2. The Bertz CT molecular complexity index is 499. The standard InChI is InChI=1S/C15H22N4O2/c16-12-3-5-15(6-4-12)7-9-18(10-8-15)13-1-2-14(17-11-13)19(20)21/h1-2,11-12H,3-10,16H2. The van der Waals surface area contributed by atoms with Gasteiger partial charge in [-0.25, -0.2) is 0 Å². The van der Waals surface area contributed by atoms with Crippen LogP contribution in [0.4, 0.5) is 11.5 Å². The fraction of sp³-hybridized carbons (Fsp3) is 0.667. The third kappa shape index (κ3) is 3.00. The zero-order valence-corrected chi connectivity index (χ0v) is 12.2. The average molecular weight is 290 g/mol. The fourth-order valence-electron chi connectivity index (χ4n) is 3.67. The van der Waals surface area contributed by atoms with Gasteiger partial charge in [0.1, 0.15) is 0 Å². The lowest BCUT2D eigenvalue weighted by atomic mass is 9.67. The van der Waals surface area contributed by atoms with Crippen LogP contribution in [0.25, 0.3) is 0 Å². The summed E-state index contributed by atoms with van der Waals surface area (Å²) in [7, 11) is 0. The number of nitro groups is 1. The van der Waals surface area contributed by atoms with E-state index in [-0.39, 0.29) is 5.82 Å². The van der Waals surface area contributed by atoms with Gasteiger partial charge in [0.2, 0.25) is 0 Å². The van der Waals surface area contributed by atoms with Crippen molar-refractivity contribution in [2.75, 3.05) is 18.0 Å². The molecule has 2 aliphatic rings. The predicted octanol–water partition coefficient (Wildman–Crippen LogP) is 2.48. The van der Waals surface area contributed by atoms with Crippen LogP contribution in [0.15, 0.2) is 18.3 Å². The molecule has 0 aromatic carbocycles. The van der Waals surface area contributed by atoms with Crippen molar-refractivity contribution in [1.82, 2.24) is 4.98 Å². The molecule has 0 bridgehead atoms. The van der Waals surface area contributed by atoms with Gasteiger partial charge in [-0.15, -0.1) is 0 Å². The van der Waals surface area contributed by atoms with E-state index in [1.54, 1.807) is 12.3 Å². The maximum atomic E-state index is 10.6. The summed E-state index contributed by atoms with van der Waals surface area (Å²) in [6.45, 7) is 2.02. The van der Waals surface area contributed by atoms with Gasteiger partial charge in [-0.1, -0.05) is 0 Å². The molecule has 6 heteroatoms. The monoisotopic (exact) mass is 290 g/mol. The number of anilines is 1. The van der Waals surface area contributed by atoms with E-state index < -0.39 is 4.92 Å². The van der Waals surface area contributed by atoms with E-state index in [1.165, 1.54) is 31.7 Å². The second kappa shape index (κ2) is 5.60. The average Bonchev–Trinajstić information content (AvgIpc) is 2.51. The van der Waals surface area contributed by atoms with Crippen molar-refractivity contribution in [3.8, 4) is 0 Å². The number of hydrogen-bond donors (Lipinski definition) is 1. The molecule has 2 fully saturated rings. The molecule has 1 aliphatic heterocycles. The minimum Gasteiger partial charge on any atom is -0.368 e. The van der Waals surface area contributed by atoms with Gasteiger partial charge in [0.15, 0.2) is 6.20 Å². The summed E-state index contributed by atoms with van der Waals surface area (Å²) in [4.78, 5) is 16.4. The van der Waals surface area contributed by atoms with Gasteiger partial charge in [0.05, 0.1) is 5.69 Å². The highest BCUT2D eigenvalue weighted by atomic mass is 16.6. The minimum atomic E-state index is -0.458. The molecule has 21 heavy (non-hydrogen) atoms. The van der Waals surface area contributed by atoms with Crippen LogP contribution in [0.1, 0.15) is 38.5 Å². The van der Waals surface area contributed by atoms with Gasteiger partial charge in [-0.3, -0.25) is 0 Å². The van der Waals surface area contributed by atoms with Crippen molar-refractivity contribution in [3.63, 3.8) is 0 Å². The molecule has 3 rings (SSSR count).